The van der Waals surface area contributed by atoms with E-state index in [9.17, 15) is 5.26 Å². The summed E-state index contributed by atoms with van der Waals surface area (Å²) in [5, 5.41) is 9.89. The fourth-order valence-electron chi connectivity index (χ4n) is 1.58. The normalized spacial score (nSPS) is 10.0. The van der Waals surface area contributed by atoms with Crippen molar-refractivity contribution < 1.29 is 4.74 Å². The minimum absolute atomic E-state index is 0.166. The number of methoxy groups -OCH3 is 1. The van der Waals surface area contributed by atoms with Gasteiger partial charge in [0.25, 0.3) is 0 Å². The van der Waals surface area contributed by atoms with Gasteiger partial charge in [0.05, 0.1) is 12.8 Å². The Labute approximate surface area is 120 Å². The largest absolute Gasteiger partial charge is 0.497 e. The van der Waals surface area contributed by atoms with Gasteiger partial charge < -0.3 is 4.74 Å². The summed E-state index contributed by atoms with van der Waals surface area (Å²) in [6.45, 7) is 0. The van der Waals surface area contributed by atoms with E-state index < -0.39 is 0 Å². The lowest BCUT2D eigenvalue weighted by atomic mass is 10.1. The number of halogens is 1. The topological polar surface area (TPSA) is 58.8 Å². The van der Waals surface area contributed by atoms with Crippen LogP contribution in [0.3, 0.4) is 0 Å². The molecule has 4 nitrogen and oxygen atoms in total. The first-order chi connectivity index (χ1) is 9.19. The van der Waals surface area contributed by atoms with Crippen LogP contribution < -0.4 is 4.74 Å². The van der Waals surface area contributed by atoms with Crippen molar-refractivity contribution in [1.82, 2.24) is 9.97 Å². The molecule has 2 rings (SSSR count). The molecule has 0 aliphatic carbocycles. The Morgan fingerprint density at radius 2 is 2.16 bits per heavy atom. The van der Waals surface area contributed by atoms with Crippen LogP contribution in [-0.2, 0) is 0 Å². The average molecular weight is 292 g/mol. The first kappa shape index (κ1) is 13.7. The molecule has 0 atom stereocenters. The van der Waals surface area contributed by atoms with Crippen molar-refractivity contribution in [1.29, 1.82) is 5.26 Å². The molecule has 1 heterocycles. The summed E-state index contributed by atoms with van der Waals surface area (Å²) in [4.78, 5) is 8.41. The molecule has 0 spiro atoms. The quantitative estimate of drug-likeness (QED) is 0.493. The van der Waals surface area contributed by atoms with E-state index in [1.54, 1.807) is 7.11 Å². The van der Waals surface area contributed by atoms with Gasteiger partial charge in [-0.15, -0.1) is 0 Å². The third-order valence-electron chi connectivity index (χ3n) is 2.48. The van der Waals surface area contributed by atoms with Gasteiger partial charge >= 0.3 is 0 Å². The number of benzene rings is 1. The maximum atomic E-state index is 9.20. The molecule has 0 amide bonds. The van der Waals surface area contributed by atoms with Crippen LogP contribution in [0.1, 0.15) is 5.56 Å². The van der Waals surface area contributed by atoms with Crippen LogP contribution in [0.5, 0.6) is 5.75 Å². The highest BCUT2D eigenvalue weighted by molar-refractivity contribution is 7.98. The summed E-state index contributed by atoms with van der Waals surface area (Å²) in [6.07, 6.45) is 1.85. The SMILES string of the molecule is COc1cccc(-c2nc(SC)nc(Cl)c2C#N)c1. The van der Waals surface area contributed by atoms with Crippen molar-refractivity contribution in [3.05, 3.63) is 35.0 Å². The van der Waals surface area contributed by atoms with Gasteiger partial charge in [0, 0.05) is 5.56 Å². The van der Waals surface area contributed by atoms with Gasteiger partial charge in [-0.3, -0.25) is 0 Å². The van der Waals surface area contributed by atoms with E-state index in [2.05, 4.69) is 9.97 Å². The smallest absolute Gasteiger partial charge is 0.189 e. The van der Waals surface area contributed by atoms with Crippen LogP contribution in [0.25, 0.3) is 11.3 Å². The highest BCUT2D eigenvalue weighted by Gasteiger charge is 2.14. The molecular weight excluding hydrogens is 282 g/mol. The summed E-state index contributed by atoms with van der Waals surface area (Å²) in [6, 6.07) is 9.37. The Morgan fingerprint density at radius 3 is 2.79 bits per heavy atom. The van der Waals surface area contributed by atoms with Crippen LogP contribution in [0.15, 0.2) is 29.4 Å². The molecule has 1 aromatic carbocycles. The number of rotatable bonds is 3. The zero-order valence-electron chi connectivity index (χ0n) is 10.3. The Balaban J connectivity index is 2.66. The third kappa shape index (κ3) is 2.80. The molecule has 96 valence electrons. The maximum Gasteiger partial charge on any atom is 0.189 e. The molecule has 0 bridgehead atoms. The standard InChI is InChI=1S/C13H10ClN3OS/c1-18-9-5-3-4-8(6-9)11-10(7-15)12(14)17-13(16-11)19-2/h3-6H,1-2H3. The van der Waals surface area contributed by atoms with Crippen molar-refractivity contribution in [2.24, 2.45) is 0 Å². The maximum absolute atomic E-state index is 9.20. The number of thioether (sulfide) groups is 1. The predicted octanol–water partition coefficient (Wildman–Crippen LogP) is 3.40. The highest BCUT2D eigenvalue weighted by atomic mass is 35.5. The summed E-state index contributed by atoms with van der Waals surface area (Å²) in [7, 11) is 1.59. The molecule has 0 saturated heterocycles. The Bertz CT molecular complexity index is 655. The molecule has 0 radical (unpaired) electrons. The van der Waals surface area contributed by atoms with Crippen molar-refractivity contribution in [3.8, 4) is 23.1 Å². The second-order valence-electron chi connectivity index (χ2n) is 3.57. The Morgan fingerprint density at radius 1 is 1.37 bits per heavy atom. The molecule has 0 aliphatic rings. The first-order valence-electron chi connectivity index (χ1n) is 5.35. The van der Waals surface area contributed by atoms with Gasteiger partial charge in [0.15, 0.2) is 10.3 Å². The van der Waals surface area contributed by atoms with E-state index >= 15 is 0 Å². The van der Waals surface area contributed by atoms with E-state index in [0.29, 0.717) is 16.6 Å². The van der Waals surface area contributed by atoms with Crippen LogP contribution in [0, 0.1) is 11.3 Å². The lowest BCUT2D eigenvalue weighted by Gasteiger charge is -2.08. The van der Waals surface area contributed by atoms with Gasteiger partial charge in [0.1, 0.15) is 17.4 Å². The molecule has 0 saturated carbocycles. The van der Waals surface area contributed by atoms with Gasteiger partial charge in [-0.25, -0.2) is 9.97 Å². The third-order valence-corrected chi connectivity index (χ3v) is 3.30. The summed E-state index contributed by atoms with van der Waals surface area (Å²) >= 11 is 7.39. The summed E-state index contributed by atoms with van der Waals surface area (Å²) in [5.41, 5.74) is 1.56. The zero-order chi connectivity index (χ0) is 13.8. The predicted molar refractivity (Wildman–Crippen MR) is 75.5 cm³/mol. The molecule has 0 unspecified atom stereocenters. The molecule has 0 fully saturated rings. The summed E-state index contributed by atoms with van der Waals surface area (Å²) < 4.78 is 5.17. The molecule has 6 heteroatoms. The van der Waals surface area contributed by atoms with Crippen molar-refractivity contribution in [3.63, 3.8) is 0 Å². The number of ether oxygens (including phenoxy) is 1. The van der Waals surface area contributed by atoms with E-state index in [0.717, 1.165) is 5.56 Å². The Hall–Kier alpha value is -1.77. The minimum atomic E-state index is 0.166. The number of nitriles is 1. The molecule has 0 N–H and O–H groups in total. The monoisotopic (exact) mass is 291 g/mol. The van der Waals surface area contributed by atoms with Crippen molar-refractivity contribution in [2.75, 3.05) is 13.4 Å². The Kier molecular flexibility index (Phi) is 4.25. The fraction of sp³-hybridized carbons (Fsp3) is 0.154. The number of hydrogen-bond donors (Lipinski definition) is 0. The lowest BCUT2D eigenvalue weighted by molar-refractivity contribution is 0.415. The number of aromatic nitrogens is 2. The average Bonchev–Trinajstić information content (AvgIpc) is 2.46. The van der Waals surface area contributed by atoms with Crippen molar-refractivity contribution in [2.45, 2.75) is 5.16 Å². The van der Waals surface area contributed by atoms with Gasteiger partial charge in [-0.05, 0) is 18.4 Å². The van der Waals surface area contributed by atoms with Crippen LogP contribution >= 0.6 is 23.4 Å². The van der Waals surface area contributed by atoms with Gasteiger partial charge in [-0.2, -0.15) is 5.26 Å². The van der Waals surface area contributed by atoms with Crippen molar-refractivity contribution >= 4 is 23.4 Å². The molecule has 19 heavy (non-hydrogen) atoms. The van der Waals surface area contributed by atoms with Crippen LogP contribution in [0.4, 0.5) is 0 Å². The molecule has 1 aromatic heterocycles. The first-order valence-corrected chi connectivity index (χ1v) is 6.96. The fourth-order valence-corrected chi connectivity index (χ4v) is 2.21. The van der Waals surface area contributed by atoms with E-state index in [1.165, 1.54) is 11.8 Å². The zero-order valence-corrected chi connectivity index (χ0v) is 11.9. The van der Waals surface area contributed by atoms with E-state index in [-0.39, 0.29) is 10.7 Å². The molecule has 2 aromatic rings. The second-order valence-corrected chi connectivity index (χ2v) is 4.70. The molecule has 0 aliphatic heterocycles. The highest BCUT2D eigenvalue weighted by Crippen LogP contribution is 2.29. The summed E-state index contributed by atoms with van der Waals surface area (Å²) in [5.74, 6) is 0.696. The van der Waals surface area contributed by atoms with E-state index in [4.69, 9.17) is 16.3 Å². The molecular formula is C13H10ClN3OS. The van der Waals surface area contributed by atoms with E-state index in [1.807, 2.05) is 36.6 Å². The second kappa shape index (κ2) is 5.91. The number of nitrogens with zero attached hydrogens (tertiary/aromatic N) is 3. The van der Waals surface area contributed by atoms with Gasteiger partial charge in [0.2, 0.25) is 0 Å². The lowest BCUT2D eigenvalue weighted by Crippen LogP contribution is -1.97. The minimum Gasteiger partial charge on any atom is -0.497 e. The number of hydrogen-bond acceptors (Lipinski definition) is 5. The van der Waals surface area contributed by atoms with Gasteiger partial charge in [-0.1, -0.05) is 35.5 Å². The van der Waals surface area contributed by atoms with Crippen LogP contribution in [0.2, 0.25) is 5.15 Å². The van der Waals surface area contributed by atoms with Crippen LogP contribution in [-0.4, -0.2) is 23.3 Å².